The highest BCUT2D eigenvalue weighted by Gasteiger charge is 2.33. The van der Waals surface area contributed by atoms with Crippen LogP contribution in [0.4, 0.5) is 4.39 Å². The number of hydrogen-bond acceptors (Lipinski definition) is 2. The highest BCUT2D eigenvalue weighted by molar-refractivity contribution is 5.24. The molecule has 2 rings (SSSR count). The number of aliphatic hydroxyl groups is 1. The van der Waals surface area contributed by atoms with Gasteiger partial charge in [0.15, 0.2) is 5.82 Å². The largest absolute Gasteiger partial charge is 0.396 e. The molecule has 1 heterocycles. The second-order valence-corrected chi connectivity index (χ2v) is 4.13. The molecule has 0 spiro atoms. The molecule has 1 atom stereocenters. The maximum absolute atomic E-state index is 12.9. The molecule has 82 valence electrons. The Morgan fingerprint density at radius 1 is 1.67 bits per heavy atom. The summed E-state index contributed by atoms with van der Waals surface area (Å²) >= 11 is 0. The van der Waals surface area contributed by atoms with Crippen molar-refractivity contribution in [1.82, 2.24) is 4.98 Å². The van der Waals surface area contributed by atoms with Gasteiger partial charge in [-0.3, -0.25) is 4.79 Å². The lowest BCUT2D eigenvalue weighted by molar-refractivity contribution is 0.250. The van der Waals surface area contributed by atoms with Crippen LogP contribution in [0.2, 0.25) is 0 Å². The minimum Gasteiger partial charge on any atom is -0.396 e. The summed E-state index contributed by atoms with van der Waals surface area (Å²) in [6, 6.07) is 0. The van der Waals surface area contributed by atoms with Crippen LogP contribution in [0, 0.1) is 18.7 Å². The van der Waals surface area contributed by atoms with Gasteiger partial charge in [0, 0.05) is 23.4 Å². The maximum Gasteiger partial charge on any atom is 0.220 e. The molecule has 0 aliphatic heterocycles. The van der Waals surface area contributed by atoms with Crippen molar-refractivity contribution in [2.75, 3.05) is 6.61 Å². The predicted molar refractivity (Wildman–Crippen MR) is 54.3 cm³/mol. The smallest absolute Gasteiger partial charge is 0.220 e. The van der Waals surface area contributed by atoms with Gasteiger partial charge >= 0.3 is 0 Å². The first kappa shape index (κ1) is 10.4. The van der Waals surface area contributed by atoms with Gasteiger partial charge in [-0.2, -0.15) is 0 Å². The summed E-state index contributed by atoms with van der Waals surface area (Å²) in [4.78, 5) is 14.2. The molecule has 0 saturated heterocycles. The van der Waals surface area contributed by atoms with Gasteiger partial charge in [0.25, 0.3) is 0 Å². The van der Waals surface area contributed by atoms with Gasteiger partial charge in [-0.05, 0) is 25.7 Å². The molecule has 3 nitrogen and oxygen atoms in total. The van der Waals surface area contributed by atoms with Gasteiger partial charge in [0.05, 0.1) is 6.61 Å². The highest BCUT2D eigenvalue weighted by atomic mass is 19.1. The molecule has 1 aromatic rings. The molecule has 15 heavy (non-hydrogen) atoms. The van der Waals surface area contributed by atoms with E-state index in [-0.39, 0.29) is 12.5 Å². The zero-order valence-electron chi connectivity index (χ0n) is 8.59. The zero-order valence-corrected chi connectivity index (χ0v) is 8.59. The van der Waals surface area contributed by atoms with Crippen LogP contribution < -0.4 is 5.43 Å². The summed E-state index contributed by atoms with van der Waals surface area (Å²) < 4.78 is 12.9. The molecular formula is C11H14FNO2. The second kappa shape index (κ2) is 3.77. The number of aliphatic hydroxyl groups excluding tert-OH is 1. The molecule has 2 N–H and O–H groups in total. The van der Waals surface area contributed by atoms with E-state index in [1.807, 2.05) is 0 Å². The third-order valence-corrected chi connectivity index (χ3v) is 3.07. The topological polar surface area (TPSA) is 53.1 Å². The number of aromatic amines is 1. The van der Waals surface area contributed by atoms with E-state index in [4.69, 9.17) is 0 Å². The molecule has 0 aromatic carbocycles. The van der Waals surface area contributed by atoms with Crippen LogP contribution in [0.5, 0.6) is 0 Å². The van der Waals surface area contributed by atoms with Crippen molar-refractivity contribution in [2.24, 2.45) is 5.92 Å². The molecule has 1 aliphatic carbocycles. The van der Waals surface area contributed by atoms with Crippen molar-refractivity contribution in [3.05, 3.63) is 33.5 Å². The van der Waals surface area contributed by atoms with Crippen LogP contribution in [0.25, 0.3) is 0 Å². The Morgan fingerprint density at radius 3 is 2.87 bits per heavy atom. The SMILES string of the molecule is Cc1c(C(CO)C2CC2)[nH]cc(F)c1=O. The Morgan fingerprint density at radius 2 is 2.33 bits per heavy atom. The van der Waals surface area contributed by atoms with Crippen molar-refractivity contribution < 1.29 is 9.50 Å². The third kappa shape index (κ3) is 1.81. The van der Waals surface area contributed by atoms with E-state index in [2.05, 4.69) is 4.98 Å². The zero-order chi connectivity index (χ0) is 11.0. The van der Waals surface area contributed by atoms with Crippen molar-refractivity contribution in [3.8, 4) is 0 Å². The van der Waals surface area contributed by atoms with E-state index in [0.717, 1.165) is 19.0 Å². The monoisotopic (exact) mass is 211 g/mol. The van der Waals surface area contributed by atoms with E-state index in [9.17, 15) is 14.3 Å². The fraction of sp³-hybridized carbons (Fsp3) is 0.545. The summed E-state index contributed by atoms with van der Waals surface area (Å²) in [7, 11) is 0. The van der Waals surface area contributed by atoms with Crippen LogP contribution in [-0.4, -0.2) is 16.7 Å². The van der Waals surface area contributed by atoms with Crippen LogP contribution in [0.3, 0.4) is 0 Å². The quantitative estimate of drug-likeness (QED) is 0.792. The summed E-state index contributed by atoms with van der Waals surface area (Å²) in [5.41, 5.74) is 0.509. The normalized spacial score (nSPS) is 17.8. The lowest BCUT2D eigenvalue weighted by atomic mass is 9.96. The van der Waals surface area contributed by atoms with E-state index < -0.39 is 11.2 Å². The van der Waals surface area contributed by atoms with Gasteiger partial charge in [-0.1, -0.05) is 0 Å². The summed E-state index contributed by atoms with van der Waals surface area (Å²) in [6.45, 7) is 1.61. The van der Waals surface area contributed by atoms with Crippen molar-refractivity contribution in [3.63, 3.8) is 0 Å². The van der Waals surface area contributed by atoms with Crippen molar-refractivity contribution in [1.29, 1.82) is 0 Å². The molecule has 4 heteroatoms. The minimum atomic E-state index is -0.760. The van der Waals surface area contributed by atoms with Gasteiger partial charge in [0.2, 0.25) is 5.43 Å². The van der Waals surface area contributed by atoms with E-state index >= 15 is 0 Å². The molecule has 0 bridgehead atoms. The minimum absolute atomic E-state index is 0.00702. The Hall–Kier alpha value is -1.16. The average Bonchev–Trinajstić information content (AvgIpc) is 3.03. The number of H-pyrrole nitrogens is 1. The molecule has 0 amide bonds. The molecule has 1 fully saturated rings. The van der Waals surface area contributed by atoms with Crippen LogP contribution in [-0.2, 0) is 0 Å². The van der Waals surface area contributed by atoms with Crippen molar-refractivity contribution in [2.45, 2.75) is 25.7 Å². The first-order valence-corrected chi connectivity index (χ1v) is 5.13. The Bertz CT molecular complexity index is 423. The fourth-order valence-corrected chi connectivity index (χ4v) is 1.98. The molecule has 1 saturated carbocycles. The lowest BCUT2D eigenvalue weighted by Crippen LogP contribution is -2.19. The molecule has 1 aromatic heterocycles. The predicted octanol–water partition coefficient (Wildman–Crippen LogP) is 1.31. The second-order valence-electron chi connectivity index (χ2n) is 4.13. The van der Waals surface area contributed by atoms with E-state index in [1.165, 1.54) is 0 Å². The number of halogens is 1. The first-order valence-electron chi connectivity index (χ1n) is 5.13. The molecule has 0 radical (unpaired) electrons. The maximum atomic E-state index is 12.9. The van der Waals surface area contributed by atoms with Crippen LogP contribution in [0.15, 0.2) is 11.0 Å². The van der Waals surface area contributed by atoms with Crippen LogP contribution in [0.1, 0.15) is 30.0 Å². The Balaban J connectivity index is 2.42. The Kier molecular flexibility index (Phi) is 2.61. The lowest BCUT2D eigenvalue weighted by Gasteiger charge is -2.15. The number of nitrogens with one attached hydrogen (secondary N) is 1. The molecule has 1 unspecified atom stereocenters. The standard InChI is InChI=1S/C11H14FNO2/c1-6-10(8(5-14)7-2-3-7)13-4-9(12)11(6)15/h4,7-8,14H,2-3,5H2,1H3,(H,13,15). The highest BCUT2D eigenvalue weighted by Crippen LogP contribution is 2.42. The van der Waals surface area contributed by atoms with Gasteiger partial charge in [-0.15, -0.1) is 0 Å². The summed E-state index contributed by atoms with van der Waals surface area (Å²) in [5.74, 6) is -0.364. The van der Waals surface area contributed by atoms with Gasteiger partial charge in [-0.25, -0.2) is 4.39 Å². The van der Waals surface area contributed by atoms with E-state index in [0.29, 0.717) is 17.2 Å². The van der Waals surface area contributed by atoms with Crippen LogP contribution >= 0.6 is 0 Å². The Labute approximate surface area is 87.0 Å². The number of hydrogen-bond donors (Lipinski definition) is 2. The average molecular weight is 211 g/mol. The first-order chi connectivity index (χ1) is 7.15. The third-order valence-electron chi connectivity index (χ3n) is 3.07. The molecule has 1 aliphatic rings. The van der Waals surface area contributed by atoms with E-state index in [1.54, 1.807) is 6.92 Å². The summed E-state index contributed by atoms with van der Waals surface area (Å²) in [6.07, 6.45) is 3.23. The number of pyridine rings is 1. The van der Waals surface area contributed by atoms with Crippen molar-refractivity contribution >= 4 is 0 Å². The van der Waals surface area contributed by atoms with Gasteiger partial charge in [0.1, 0.15) is 0 Å². The number of aromatic nitrogens is 1. The number of rotatable bonds is 3. The molecular weight excluding hydrogens is 197 g/mol. The summed E-state index contributed by atoms with van der Waals surface area (Å²) in [5, 5.41) is 9.26. The fourth-order valence-electron chi connectivity index (χ4n) is 1.98. The van der Waals surface area contributed by atoms with Gasteiger partial charge < -0.3 is 10.1 Å².